The molecule has 3 aromatic rings. The lowest BCUT2D eigenvalue weighted by Gasteiger charge is -2.09. The van der Waals surface area contributed by atoms with Crippen LogP contribution in [0.5, 0.6) is 11.5 Å². The first-order chi connectivity index (χ1) is 13.3. The first-order valence-electron chi connectivity index (χ1n) is 8.75. The molecular weight excluding hydrogens is 378 g/mol. The highest BCUT2D eigenvalue weighted by Gasteiger charge is 2.16. The maximum Gasteiger partial charge on any atom is 0.231 e. The standard InChI is InChI=1S/C20H21N3O2S2/c1-26-16-6-4-15(5-7-16)22-20-23(10-2-9-21)17(12-27-20)14-3-8-18-19(11-14)25-13-24-18/h3-8,11-12H,2,9-10,13,21H2,1H3/b22-20-. The summed E-state index contributed by atoms with van der Waals surface area (Å²) in [5.74, 6) is 1.58. The number of nitrogens with zero attached hydrogens (tertiary/aromatic N) is 2. The zero-order valence-electron chi connectivity index (χ0n) is 15.1. The van der Waals surface area contributed by atoms with E-state index in [9.17, 15) is 0 Å². The Hall–Kier alpha value is -2.22. The minimum Gasteiger partial charge on any atom is -0.454 e. The maximum atomic E-state index is 5.76. The molecule has 1 aromatic heterocycles. The summed E-state index contributed by atoms with van der Waals surface area (Å²) in [6.45, 7) is 1.75. The van der Waals surface area contributed by atoms with Crippen LogP contribution >= 0.6 is 23.1 Å². The quantitative estimate of drug-likeness (QED) is 0.630. The molecule has 0 bridgehead atoms. The third-order valence-corrected chi connectivity index (χ3v) is 5.96. The van der Waals surface area contributed by atoms with E-state index in [0.717, 1.165) is 46.2 Å². The van der Waals surface area contributed by atoms with E-state index in [1.54, 1.807) is 23.1 Å². The van der Waals surface area contributed by atoms with Gasteiger partial charge in [-0.05, 0) is 61.7 Å². The van der Waals surface area contributed by atoms with E-state index in [1.165, 1.54) is 4.90 Å². The topological polar surface area (TPSA) is 61.8 Å². The molecule has 27 heavy (non-hydrogen) atoms. The van der Waals surface area contributed by atoms with Gasteiger partial charge in [-0.1, -0.05) is 0 Å². The fraction of sp³-hybridized carbons (Fsp3) is 0.250. The number of nitrogens with two attached hydrogens (primary N) is 1. The molecular formula is C20H21N3O2S2. The summed E-state index contributed by atoms with van der Waals surface area (Å²) in [6.07, 6.45) is 2.97. The van der Waals surface area contributed by atoms with Crippen molar-refractivity contribution in [1.29, 1.82) is 0 Å². The van der Waals surface area contributed by atoms with E-state index in [0.29, 0.717) is 6.54 Å². The summed E-state index contributed by atoms with van der Waals surface area (Å²) < 4.78 is 13.2. The van der Waals surface area contributed by atoms with Crippen LogP contribution in [0.25, 0.3) is 11.3 Å². The number of thioether (sulfide) groups is 1. The molecule has 4 rings (SSSR count). The second kappa shape index (κ2) is 8.21. The highest BCUT2D eigenvalue weighted by molar-refractivity contribution is 7.98. The molecule has 5 nitrogen and oxygen atoms in total. The average molecular weight is 400 g/mol. The van der Waals surface area contributed by atoms with Crippen LogP contribution in [0.3, 0.4) is 0 Å². The molecule has 7 heteroatoms. The maximum absolute atomic E-state index is 5.76. The van der Waals surface area contributed by atoms with Crippen molar-refractivity contribution in [3.05, 3.63) is 52.6 Å². The van der Waals surface area contributed by atoms with Crippen LogP contribution in [0.1, 0.15) is 6.42 Å². The van der Waals surface area contributed by atoms with Crippen molar-refractivity contribution in [2.45, 2.75) is 17.9 Å². The van der Waals surface area contributed by atoms with E-state index < -0.39 is 0 Å². The van der Waals surface area contributed by atoms with Crippen LogP contribution in [-0.2, 0) is 6.54 Å². The summed E-state index contributed by atoms with van der Waals surface area (Å²) in [5, 5.41) is 2.14. The molecule has 0 aliphatic carbocycles. The van der Waals surface area contributed by atoms with Gasteiger partial charge in [-0.2, -0.15) is 0 Å². The van der Waals surface area contributed by atoms with E-state index in [-0.39, 0.29) is 6.79 Å². The number of benzene rings is 2. The monoisotopic (exact) mass is 399 g/mol. The van der Waals surface area contributed by atoms with Crippen LogP contribution in [0, 0.1) is 0 Å². The lowest BCUT2D eigenvalue weighted by atomic mass is 10.1. The Bertz CT molecular complexity index is 993. The summed E-state index contributed by atoms with van der Waals surface area (Å²) in [7, 11) is 0. The molecule has 0 radical (unpaired) electrons. The molecule has 0 unspecified atom stereocenters. The largest absolute Gasteiger partial charge is 0.454 e. The Labute approximate surface area is 166 Å². The van der Waals surface area contributed by atoms with E-state index in [1.807, 2.05) is 12.1 Å². The van der Waals surface area contributed by atoms with Crippen LogP contribution in [0.4, 0.5) is 5.69 Å². The van der Waals surface area contributed by atoms with Gasteiger partial charge in [0.05, 0.1) is 11.4 Å². The summed E-state index contributed by atoms with van der Waals surface area (Å²) >= 11 is 3.37. The molecule has 2 heterocycles. The third kappa shape index (κ3) is 3.90. The normalized spacial score (nSPS) is 13.3. The van der Waals surface area contributed by atoms with Crippen LogP contribution in [0.15, 0.2) is 57.7 Å². The number of hydrogen-bond donors (Lipinski definition) is 1. The second-order valence-electron chi connectivity index (χ2n) is 6.08. The highest BCUT2D eigenvalue weighted by Crippen LogP contribution is 2.36. The number of fused-ring (bicyclic) bond motifs is 1. The number of aromatic nitrogens is 1. The molecule has 140 valence electrons. The van der Waals surface area contributed by atoms with Crippen molar-refractivity contribution in [3.63, 3.8) is 0 Å². The predicted octanol–water partition coefficient (Wildman–Crippen LogP) is 4.25. The minimum absolute atomic E-state index is 0.280. The molecule has 0 saturated carbocycles. The van der Waals surface area contributed by atoms with Gasteiger partial charge in [0.1, 0.15) is 0 Å². The summed E-state index contributed by atoms with van der Waals surface area (Å²) in [6, 6.07) is 14.4. The van der Waals surface area contributed by atoms with Gasteiger partial charge in [0, 0.05) is 22.4 Å². The van der Waals surface area contributed by atoms with Gasteiger partial charge < -0.3 is 19.8 Å². The highest BCUT2D eigenvalue weighted by atomic mass is 32.2. The third-order valence-electron chi connectivity index (χ3n) is 4.35. The van der Waals surface area contributed by atoms with Gasteiger partial charge in [0.15, 0.2) is 16.3 Å². The molecule has 0 atom stereocenters. The first-order valence-corrected chi connectivity index (χ1v) is 10.9. The Balaban J connectivity index is 1.75. The zero-order chi connectivity index (χ0) is 18.6. The lowest BCUT2D eigenvalue weighted by molar-refractivity contribution is 0.174. The second-order valence-corrected chi connectivity index (χ2v) is 7.79. The summed E-state index contributed by atoms with van der Waals surface area (Å²) in [4.78, 5) is 7.06. The fourth-order valence-electron chi connectivity index (χ4n) is 2.94. The van der Waals surface area contributed by atoms with Crippen molar-refractivity contribution in [3.8, 4) is 22.8 Å². The number of hydrogen-bond acceptors (Lipinski definition) is 6. The van der Waals surface area contributed by atoms with Crippen LogP contribution in [0.2, 0.25) is 0 Å². The predicted molar refractivity (Wildman–Crippen MR) is 111 cm³/mol. The van der Waals surface area contributed by atoms with E-state index in [4.69, 9.17) is 20.2 Å². The van der Waals surface area contributed by atoms with Gasteiger partial charge >= 0.3 is 0 Å². The molecule has 0 amide bonds. The van der Waals surface area contributed by atoms with E-state index >= 15 is 0 Å². The Morgan fingerprint density at radius 3 is 2.74 bits per heavy atom. The van der Waals surface area contributed by atoms with Crippen molar-refractivity contribution in [2.75, 3.05) is 19.6 Å². The molecule has 1 aliphatic heterocycles. The SMILES string of the molecule is CSc1ccc(/N=c2\scc(-c3ccc4c(c3)OCO4)n2CCCN)cc1. The molecule has 0 fully saturated rings. The molecule has 0 spiro atoms. The van der Waals surface area contributed by atoms with Crippen LogP contribution in [-0.4, -0.2) is 24.2 Å². The Morgan fingerprint density at radius 2 is 1.96 bits per heavy atom. The Kier molecular flexibility index (Phi) is 5.52. The van der Waals surface area contributed by atoms with Crippen LogP contribution < -0.4 is 20.0 Å². The van der Waals surface area contributed by atoms with Gasteiger partial charge in [-0.25, -0.2) is 4.99 Å². The zero-order valence-corrected chi connectivity index (χ0v) is 16.7. The van der Waals surface area contributed by atoms with Crippen molar-refractivity contribution in [2.24, 2.45) is 10.7 Å². The number of ether oxygens (including phenoxy) is 2. The van der Waals surface area contributed by atoms with Crippen molar-refractivity contribution in [1.82, 2.24) is 4.57 Å². The number of thiazole rings is 1. The molecule has 1 aliphatic rings. The van der Waals surface area contributed by atoms with Gasteiger partial charge in [-0.15, -0.1) is 23.1 Å². The molecule has 0 saturated heterocycles. The van der Waals surface area contributed by atoms with E-state index in [2.05, 4.69) is 46.5 Å². The lowest BCUT2D eigenvalue weighted by Crippen LogP contribution is -2.18. The molecule has 2 N–H and O–H groups in total. The van der Waals surface area contributed by atoms with Gasteiger partial charge in [-0.3, -0.25) is 0 Å². The van der Waals surface area contributed by atoms with Gasteiger partial charge in [0.25, 0.3) is 0 Å². The first kappa shape index (κ1) is 18.2. The smallest absolute Gasteiger partial charge is 0.231 e. The van der Waals surface area contributed by atoms with Crippen molar-refractivity contribution >= 4 is 28.8 Å². The van der Waals surface area contributed by atoms with Crippen molar-refractivity contribution < 1.29 is 9.47 Å². The molecule has 2 aromatic carbocycles. The average Bonchev–Trinajstić information content (AvgIpc) is 3.33. The van der Waals surface area contributed by atoms with Gasteiger partial charge in [0.2, 0.25) is 6.79 Å². The Morgan fingerprint density at radius 1 is 1.15 bits per heavy atom. The fourth-order valence-corrected chi connectivity index (χ4v) is 4.30. The number of rotatable bonds is 6. The summed E-state index contributed by atoms with van der Waals surface area (Å²) in [5.41, 5.74) is 8.92. The minimum atomic E-state index is 0.280.